The average Bonchev–Trinajstić information content (AvgIpc) is 3.27. The minimum atomic E-state index is -1.78. The fourth-order valence-corrected chi connectivity index (χ4v) is 7.67. The maximum atomic E-state index is 14.9. The van der Waals surface area contributed by atoms with E-state index >= 15 is 0 Å². The molecular formula is C46H62N8O12. The van der Waals surface area contributed by atoms with E-state index in [4.69, 9.17) is 10.5 Å². The first-order valence-electron chi connectivity index (χ1n) is 22.0. The first-order valence-corrected chi connectivity index (χ1v) is 22.0. The summed E-state index contributed by atoms with van der Waals surface area (Å²) in [6.07, 6.45) is -2.33. The zero-order valence-electron chi connectivity index (χ0n) is 38.1. The molecule has 4 rings (SSSR count). The van der Waals surface area contributed by atoms with Gasteiger partial charge in [-0.05, 0) is 68.7 Å². The highest BCUT2D eigenvalue weighted by molar-refractivity contribution is 6.02. The van der Waals surface area contributed by atoms with Gasteiger partial charge in [0.05, 0.1) is 0 Å². The Kier molecular flexibility index (Phi) is 18.8. The van der Waals surface area contributed by atoms with Gasteiger partial charge in [-0.1, -0.05) is 69.3 Å². The molecule has 0 radical (unpaired) electrons. The summed E-state index contributed by atoms with van der Waals surface area (Å²) in [5.74, 6) is -8.45. The molecule has 0 aliphatic carbocycles. The van der Waals surface area contributed by atoms with Crippen LogP contribution in [0.15, 0.2) is 66.4 Å². The zero-order valence-corrected chi connectivity index (χ0v) is 38.1. The number of benzene rings is 2. The fourth-order valence-electron chi connectivity index (χ4n) is 7.67. The largest absolute Gasteiger partial charge is 0.508 e. The molecule has 2 aliphatic rings. The van der Waals surface area contributed by atoms with E-state index in [0.717, 1.165) is 9.80 Å². The number of carbonyl (C=O) groups is 9. The third-order valence-corrected chi connectivity index (χ3v) is 11.4. The molecule has 358 valence electrons. The van der Waals surface area contributed by atoms with Gasteiger partial charge >= 0.3 is 5.97 Å². The Morgan fingerprint density at radius 3 is 2.14 bits per heavy atom. The van der Waals surface area contributed by atoms with Gasteiger partial charge in [-0.3, -0.25) is 38.4 Å². The molecule has 2 aromatic rings. The van der Waals surface area contributed by atoms with Crippen molar-refractivity contribution in [2.75, 3.05) is 7.05 Å². The third-order valence-electron chi connectivity index (χ3n) is 11.4. The van der Waals surface area contributed by atoms with Gasteiger partial charge in [-0.15, -0.1) is 0 Å². The minimum Gasteiger partial charge on any atom is -0.508 e. The molecule has 8 amide bonds. The molecule has 2 fully saturated rings. The molecule has 2 aromatic carbocycles. The molecule has 2 heterocycles. The predicted molar refractivity (Wildman–Crippen MR) is 238 cm³/mol. The summed E-state index contributed by atoms with van der Waals surface area (Å²) in [6.45, 7) is 7.65. The Hall–Kier alpha value is -6.83. The first kappa shape index (κ1) is 51.8. The highest BCUT2D eigenvalue weighted by Gasteiger charge is 2.45. The van der Waals surface area contributed by atoms with Crippen LogP contribution in [0.3, 0.4) is 0 Å². The molecule has 8 atom stereocenters. The standard InChI is InChI=1S/C46H62N8O12/c1-7-12-36(57)48-31(19-21-35(47)56)41(60)52-39-26(5)66-46(65)38(25(3)4)51-42(61)33(23-28-15-17-29(55)18-16-28)53(6)45(64)34(24-27-13-10-9-11-14-27)54-37(58)22-20-32(44(54)63)50-40(59)30(8-2)49-43(39)62/h8-11,13-18,25-26,31-34,37-39,55,58H,7,12,19-24H2,1-6H3,(H2,47,56)(H,48,57)(H,49,62)(H,50,59)(H,51,61)(H,52,60)/b30-8-/t26-,31-,32-,33-,34+,37-,38+,39-/m0/s1. The molecule has 0 unspecified atom stereocenters. The second-order valence-corrected chi connectivity index (χ2v) is 16.8. The van der Waals surface area contributed by atoms with E-state index in [9.17, 15) is 53.4 Å². The van der Waals surface area contributed by atoms with Crippen molar-refractivity contribution in [3.8, 4) is 5.75 Å². The van der Waals surface area contributed by atoms with E-state index in [1.54, 1.807) is 63.2 Å². The van der Waals surface area contributed by atoms with E-state index in [1.165, 1.54) is 39.1 Å². The number of amides is 8. The number of nitrogens with zero attached hydrogens (tertiary/aromatic N) is 2. The fraction of sp³-hybridized carbons (Fsp3) is 0.500. The lowest BCUT2D eigenvalue weighted by Gasteiger charge is -2.43. The number of phenols is 1. The monoisotopic (exact) mass is 918 g/mol. The van der Waals surface area contributed by atoms with Crippen molar-refractivity contribution in [3.05, 3.63) is 77.5 Å². The van der Waals surface area contributed by atoms with Crippen LogP contribution in [0.5, 0.6) is 5.75 Å². The van der Waals surface area contributed by atoms with Crippen LogP contribution in [0.1, 0.15) is 84.3 Å². The van der Waals surface area contributed by atoms with Crippen molar-refractivity contribution in [2.24, 2.45) is 11.7 Å². The Morgan fingerprint density at radius 2 is 1.53 bits per heavy atom. The second-order valence-electron chi connectivity index (χ2n) is 16.8. The maximum absolute atomic E-state index is 14.9. The number of likely N-dealkylation sites (N-methyl/N-ethyl adjacent to an activating group) is 1. The first-order chi connectivity index (χ1) is 31.2. The Bertz CT molecular complexity index is 2130. The summed E-state index contributed by atoms with van der Waals surface area (Å²) < 4.78 is 5.80. The number of nitrogens with two attached hydrogens (primary N) is 1. The number of primary amides is 1. The quantitative estimate of drug-likeness (QED) is 0.0969. The van der Waals surface area contributed by atoms with E-state index < -0.39 is 108 Å². The molecule has 20 nitrogen and oxygen atoms in total. The van der Waals surface area contributed by atoms with Crippen molar-refractivity contribution >= 4 is 53.2 Å². The van der Waals surface area contributed by atoms with Gasteiger partial charge in [0, 0.05) is 32.7 Å². The van der Waals surface area contributed by atoms with Gasteiger partial charge in [0.15, 0.2) is 0 Å². The summed E-state index contributed by atoms with van der Waals surface area (Å²) in [5, 5.41) is 34.2. The summed E-state index contributed by atoms with van der Waals surface area (Å²) in [5.41, 5.74) is 6.07. The lowest BCUT2D eigenvalue weighted by Crippen LogP contribution is -2.64. The molecule has 66 heavy (non-hydrogen) atoms. The number of phenolic OH excluding ortho intramolecular Hbond substituents is 1. The van der Waals surface area contributed by atoms with Crippen LogP contribution in [-0.2, 0) is 60.7 Å². The number of fused-ring (bicyclic) bond motifs is 2. The van der Waals surface area contributed by atoms with Crippen molar-refractivity contribution in [1.29, 1.82) is 0 Å². The number of rotatable bonds is 13. The molecule has 0 saturated carbocycles. The molecular weight excluding hydrogens is 857 g/mol. The van der Waals surface area contributed by atoms with E-state index in [1.807, 2.05) is 0 Å². The smallest absolute Gasteiger partial charge is 0.329 e. The number of cyclic esters (lactones) is 1. The molecule has 9 N–H and O–H groups in total. The van der Waals surface area contributed by atoms with Gasteiger partial charge in [0.2, 0.25) is 35.4 Å². The average molecular weight is 919 g/mol. The van der Waals surface area contributed by atoms with Gasteiger partial charge in [-0.2, -0.15) is 0 Å². The Morgan fingerprint density at radius 1 is 0.894 bits per heavy atom. The normalized spacial score (nSPS) is 24.8. The highest BCUT2D eigenvalue weighted by atomic mass is 16.5. The SMILES string of the molecule is C/C=C1\NC(=O)[C@@H](NC(=O)[C@H](CCC(N)=O)NC(=O)CCC)[C@H](C)OC(=O)[C@@H](C(C)C)NC(=O)[C@H](Cc2ccc(O)cc2)N(C)C(=O)[C@@H](Cc2ccccc2)N2C(=O)[C@H](CC[C@@H]2O)NC1=O. The molecule has 0 aromatic heterocycles. The number of hydrogen-bond donors (Lipinski definition) is 8. The van der Waals surface area contributed by atoms with Crippen LogP contribution >= 0.6 is 0 Å². The number of esters is 1. The van der Waals surface area contributed by atoms with Crippen LogP contribution in [0.2, 0.25) is 0 Å². The van der Waals surface area contributed by atoms with Crippen molar-refractivity contribution < 1.29 is 58.1 Å². The number of carbonyl (C=O) groups excluding carboxylic acids is 9. The van der Waals surface area contributed by atoms with Crippen LogP contribution in [-0.4, -0.2) is 129 Å². The lowest BCUT2D eigenvalue weighted by atomic mass is 9.95. The number of aliphatic hydroxyl groups excluding tert-OH is 1. The Balaban J connectivity index is 1.85. The van der Waals surface area contributed by atoms with Gasteiger partial charge in [-0.25, -0.2) is 4.79 Å². The number of ether oxygens (including phenoxy) is 1. The van der Waals surface area contributed by atoms with Crippen molar-refractivity contribution in [3.63, 3.8) is 0 Å². The number of aromatic hydroxyl groups is 1. The van der Waals surface area contributed by atoms with Crippen LogP contribution < -0.4 is 32.3 Å². The van der Waals surface area contributed by atoms with Crippen molar-refractivity contribution in [2.45, 2.75) is 135 Å². The number of aliphatic hydroxyl groups is 1. The van der Waals surface area contributed by atoms with E-state index in [2.05, 4.69) is 26.6 Å². The third kappa shape index (κ3) is 13.8. The minimum absolute atomic E-state index is 0.0357. The molecule has 2 saturated heterocycles. The molecule has 2 bridgehead atoms. The van der Waals surface area contributed by atoms with Crippen LogP contribution in [0, 0.1) is 5.92 Å². The number of piperidine rings is 1. The summed E-state index contributed by atoms with van der Waals surface area (Å²) in [7, 11) is 1.35. The summed E-state index contributed by atoms with van der Waals surface area (Å²) in [6, 6.07) is 5.86. The molecule has 2 aliphatic heterocycles. The van der Waals surface area contributed by atoms with Gasteiger partial charge in [0.1, 0.15) is 60.0 Å². The molecule has 0 spiro atoms. The van der Waals surface area contributed by atoms with Gasteiger partial charge in [0.25, 0.3) is 11.8 Å². The van der Waals surface area contributed by atoms with Crippen molar-refractivity contribution in [1.82, 2.24) is 36.4 Å². The summed E-state index contributed by atoms with van der Waals surface area (Å²) >= 11 is 0. The number of allylic oxidation sites excluding steroid dienone is 1. The number of nitrogens with one attached hydrogen (secondary N) is 5. The van der Waals surface area contributed by atoms with E-state index in [0.29, 0.717) is 17.5 Å². The van der Waals surface area contributed by atoms with E-state index in [-0.39, 0.29) is 56.4 Å². The zero-order chi connectivity index (χ0) is 48.8. The van der Waals surface area contributed by atoms with Crippen LogP contribution in [0.4, 0.5) is 0 Å². The summed E-state index contributed by atoms with van der Waals surface area (Å²) in [4.78, 5) is 127. The highest BCUT2D eigenvalue weighted by Crippen LogP contribution is 2.25. The van der Waals surface area contributed by atoms with Crippen LogP contribution in [0.25, 0.3) is 0 Å². The maximum Gasteiger partial charge on any atom is 0.329 e. The number of hydrogen-bond acceptors (Lipinski definition) is 12. The molecule has 20 heteroatoms. The Labute approximate surface area is 383 Å². The predicted octanol–water partition coefficient (Wildman–Crippen LogP) is -0.0601. The lowest BCUT2D eigenvalue weighted by molar-refractivity contribution is -0.165. The van der Waals surface area contributed by atoms with Gasteiger partial charge < -0.3 is 57.1 Å². The second kappa shape index (κ2) is 23.9. The topological polar surface area (TPSA) is 296 Å².